The lowest BCUT2D eigenvalue weighted by Gasteiger charge is -2.24. The molecule has 2 N–H and O–H groups in total. The summed E-state index contributed by atoms with van der Waals surface area (Å²) in [5.41, 5.74) is 7.85. The molecule has 0 bridgehead atoms. The first-order chi connectivity index (χ1) is 10.3. The molecule has 5 nitrogen and oxygen atoms in total. The van der Waals surface area contributed by atoms with Crippen LogP contribution in [-0.4, -0.2) is 23.7 Å². The van der Waals surface area contributed by atoms with E-state index in [-0.39, 0.29) is 0 Å². The summed E-state index contributed by atoms with van der Waals surface area (Å²) in [6, 6.07) is 11.3. The Morgan fingerprint density at radius 1 is 1.09 bits per heavy atom. The average molecular weight is 299 g/mol. The number of nitrogens with zero attached hydrogens (tertiary/aromatic N) is 2. The molecule has 0 unspecified atom stereocenters. The van der Waals surface area contributed by atoms with Crippen LogP contribution in [-0.2, 0) is 4.74 Å². The fourth-order valence-corrected chi connectivity index (χ4v) is 1.85. The van der Waals surface area contributed by atoms with Gasteiger partial charge in [0.25, 0.3) is 0 Å². The summed E-state index contributed by atoms with van der Waals surface area (Å²) in [6.07, 6.45) is 1.29. The number of benzene rings is 1. The second-order valence-electron chi connectivity index (χ2n) is 6.07. The highest BCUT2D eigenvalue weighted by molar-refractivity contribution is 5.86. The number of pyridine rings is 1. The summed E-state index contributed by atoms with van der Waals surface area (Å²) in [6.45, 7) is 5.49. The van der Waals surface area contributed by atoms with Crippen molar-refractivity contribution >= 4 is 17.6 Å². The summed E-state index contributed by atoms with van der Waals surface area (Å²) in [5, 5.41) is 0. The van der Waals surface area contributed by atoms with Gasteiger partial charge in [-0.1, -0.05) is 12.1 Å². The minimum absolute atomic E-state index is 0.430. The maximum absolute atomic E-state index is 12.0. The number of amides is 1. The van der Waals surface area contributed by atoms with Gasteiger partial charge >= 0.3 is 6.09 Å². The van der Waals surface area contributed by atoms with Crippen LogP contribution in [0.4, 0.5) is 16.3 Å². The fourth-order valence-electron chi connectivity index (χ4n) is 1.85. The third-order valence-corrected chi connectivity index (χ3v) is 3.00. The van der Waals surface area contributed by atoms with Gasteiger partial charge in [-0.15, -0.1) is 0 Å². The summed E-state index contributed by atoms with van der Waals surface area (Å²) in [4.78, 5) is 17.7. The average Bonchev–Trinajstić information content (AvgIpc) is 2.46. The minimum Gasteiger partial charge on any atom is -0.443 e. The van der Waals surface area contributed by atoms with Gasteiger partial charge in [-0.2, -0.15) is 0 Å². The highest BCUT2D eigenvalue weighted by Gasteiger charge is 2.21. The molecule has 0 saturated heterocycles. The number of hydrogen-bond acceptors (Lipinski definition) is 4. The lowest BCUT2D eigenvalue weighted by Crippen LogP contribution is -2.34. The number of hydrogen-bond donors (Lipinski definition) is 1. The molecule has 1 amide bonds. The van der Waals surface area contributed by atoms with Crippen LogP contribution >= 0.6 is 0 Å². The molecule has 0 fully saturated rings. The van der Waals surface area contributed by atoms with Crippen molar-refractivity contribution < 1.29 is 9.53 Å². The van der Waals surface area contributed by atoms with Gasteiger partial charge in [0, 0.05) is 24.5 Å². The number of rotatable bonds is 2. The number of nitrogens with two attached hydrogens (primary N) is 1. The molecule has 0 aliphatic carbocycles. The number of carbonyl (C=O) groups is 1. The quantitative estimate of drug-likeness (QED) is 0.858. The van der Waals surface area contributed by atoms with Crippen LogP contribution in [0.15, 0.2) is 42.6 Å². The Hall–Kier alpha value is -2.56. The number of anilines is 2. The number of aromatic nitrogens is 1. The van der Waals surface area contributed by atoms with E-state index >= 15 is 0 Å². The Morgan fingerprint density at radius 3 is 2.18 bits per heavy atom. The minimum atomic E-state index is -0.532. The number of carbonyl (C=O) groups excluding carboxylic acids is 1. The van der Waals surface area contributed by atoms with E-state index in [4.69, 9.17) is 10.5 Å². The molecule has 116 valence electrons. The van der Waals surface area contributed by atoms with Crippen molar-refractivity contribution in [3.63, 3.8) is 0 Å². The molecule has 0 saturated carbocycles. The zero-order valence-electron chi connectivity index (χ0n) is 13.3. The second-order valence-corrected chi connectivity index (χ2v) is 6.07. The van der Waals surface area contributed by atoms with Crippen LogP contribution in [0.3, 0.4) is 0 Å². The van der Waals surface area contributed by atoms with Gasteiger partial charge in [0.05, 0.1) is 0 Å². The monoisotopic (exact) mass is 299 g/mol. The standard InChI is InChI=1S/C17H21N3O2/c1-17(2,3)22-16(21)20(4)15-10-7-13(11-19-15)12-5-8-14(18)9-6-12/h5-11H,18H2,1-4H3. The summed E-state index contributed by atoms with van der Waals surface area (Å²) < 4.78 is 5.32. The van der Waals surface area contributed by atoms with Crippen molar-refractivity contribution in [2.45, 2.75) is 26.4 Å². The van der Waals surface area contributed by atoms with Crippen molar-refractivity contribution in [3.8, 4) is 11.1 Å². The molecule has 0 aliphatic rings. The van der Waals surface area contributed by atoms with Gasteiger partial charge in [0.1, 0.15) is 11.4 Å². The summed E-state index contributed by atoms with van der Waals surface area (Å²) in [7, 11) is 1.64. The van der Waals surface area contributed by atoms with E-state index in [1.54, 1.807) is 19.3 Å². The first-order valence-electron chi connectivity index (χ1n) is 7.05. The smallest absolute Gasteiger partial charge is 0.415 e. The van der Waals surface area contributed by atoms with Gasteiger partial charge < -0.3 is 10.5 Å². The van der Waals surface area contributed by atoms with E-state index in [2.05, 4.69) is 4.98 Å². The van der Waals surface area contributed by atoms with Crippen LogP contribution in [0.1, 0.15) is 20.8 Å². The Balaban J connectivity index is 2.14. The Kier molecular flexibility index (Phi) is 4.35. The topological polar surface area (TPSA) is 68.5 Å². The van der Waals surface area contributed by atoms with Crippen molar-refractivity contribution in [2.24, 2.45) is 0 Å². The highest BCUT2D eigenvalue weighted by Crippen LogP contribution is 2.22. The van der Waals surface area contributed by atoms with Crippen LogP contribution in [0.2, 0.25) is 0 Å². The van der Waals surface area contributed by atoms with Crippen molar-refractivity contribution in [1.82, 2.24) is 4.98 Å². The fraction of sp³-hybridized carbons (Fsp3) is 0.294. The molecule has 0 radical (unpaired) electrons. The molecule has 1 heterocycles. The highest BCUT2D eigenvalue weighted by atomic mass is 16.6. The zero-order chi connectivity index (χ0) is 16.3. The summed E-state index contributed by atoms with van der Waals surface area (Å²) >= 11 is 0. The molecule has 0 aliphatic heterocycles. The van der Waals surface area contributed by atoms with E-state index in [0.717, 1.165) is 16.8 Å². The largest absolute Gasteiger partial charge is 0.443 e. The molecule has 5 heteroatoms. The van der Waals surface area contributed by atoms with E-state index in [1.165, 1.54) is 4.90 Å². The van der Waals surface area contributed by atoms with E-state index in [9.17, 15) is 4.79 Å². The van der Waals surface area contributed by atoms with Crippen LogP contribution in [0.25, 0.3) is 11.1 Å². The molecule has 0 atom stereocenters. The van der Waals surface area contributed by atoms with Gasteiger partial charge in [0.15, 0.2) is 0 Å². The van der Waals surface area contributed by atoms with Gasteiger partial charge in [-0.3, -0.25) is 4.90 Å². The van der Waals surface area contributed by atoms with E-state index < -0.39 is 11.7 Å². The molecule has 2 rings (SSSR count). The van der Waals surface area contributed by atoms with Gasteiger partial charge in [-0.25, -0.2) is 9.78 Å². The first kappa shape index (κ1) is 15.8. The third-order valence-electron chi connectivity index (χ3n) is 3.00. The zero-order valence-corrected chi connectivity index (χ0v) is 13.3. The summed E-state index contributed by atoms with van der Waals surface area (Å²) in [5.74, 6) is 0.536. The Labute approximate surface area is 130 Å². The maximum Gasteiger partial charge on any atom is 0.415 e. The van der Waals surface area contributed by atoms with Crippen molar-refractivity contribution in [1.29, 1.82) is 0 Å². The van der Waals surface area contributed by atoms with Crippen molar-refractivity contribution in [2.75, 3.05) is 17.7 Å². The number of nitrogen functional groups attached to an aromatic ring is 1. The SMILES string of the molecule is CN(C(=O)OC(C)(C)C)c1ccc(-c2ccc(N)cc2)cn1. The first-order valence-corrected chi connectivity index (χ1v) is 7.05. The van der Waals surface area contributed by atoms with E-state index in [0.29, 0.717) is 5.82 Å². The van der Waals surface area contributed by atoms with E-state index in [1.807, 2.05) is 51.1 Å². The normalized spacial score (nSPS) is 11.1. The predicted octanol–water partition coefficient (Wildman–Crippen LogP) is 3.70. The predicted molar refractivity (Wildman–Crippen MR) is 88.7 cm³/mol. The lowest BCUT2D eigenvalue weighted by atomic mass is 10.1. The lowest BCUT2D eigenvalue weighted by molar-refractivity contribution is 0.0588. The molecular formula is C17H21N3O2. The second kappa shape index (κ2) is 6.05. The van der Waals surface area contributed by atoms with Crippen LogP contribution in [0.5, 0.6) is 0 Å². The Bertz CT molecular complexity index is 643. The molecule has 1 aromatic heterocycles. The van der Waals surface area contributed by atoms with Crippen LogP contribution in [0, 0.1) is 0 Å². The molecule has 2 aromatic rings. The third kappa shape index (κ3) is 3.97. The molecule has 0 spiro atoms. The maximum atomic E-state index is 12.0. The molecular weight excluding hydrogens is 278 g/mol. The van der Waals surface area contributed by atoms with Gasteiger partial charge in [-0.05, 0) is 50.6 Å². The molecule has 22 heavy (non-hydrogen) atoms. The van der Waals surface area contributed by atoms with Gasteiger partial charge in [0.2, 0.25) is 0 Å². The van der Waals surface area contributed by atoms with Crippen LogP contribution < -0.4 is 10.6 Å². The Morgan fingerprint density at radius 2 is 1.68 bits per heavy atom. The molecule has 1 aromatic carbocycles. The van der Waals surface area contributed by atoms with Crippen molar-refractivity contribution in [3.05, 3.63) is 42.6 Å². The number of ether oxygens (including phenoxy) is 1.